The number of nitrogens with one attached hydrogen (secondary N) is 1. The van der Waals surface area contributed by atoms with E-state index in [9.17, 15) is 8.42 Å². The lowest BCUT2D eigenvalue weighted by Crippen LogP contribution is -2.33. The van der Waals surface area contributed by atoms with Crippen molar-refractivity contribution in [3.8, 4) is 0 Å². The molecule has 0 heterocycles. The van der Waals surface area contributed by atoms with Crippen LogP contribution in [0.15, 0.2) is 23.1 Å². The van der Waals surface area contributed by atoms with E-state index in [0.717, 1.165) is 18.4 Å². The standard InChI is InChI=1S/C14H23ClN2O2S/c1-10(2)4-5-11(3)17-20(18,19)14-7-6-12(9-16)8-13(14)15/h6-8,10-11,17H,4-5,9,16H2,1-3H3. The molecule has 1 aromatic rings. The van der Waals surface area contributed by atoms with Crippen LogP contribution in [-0.2, 0) is 16.6 Å². The van der Waals surface area contributed by atoms with Gasteiger partial charge in [-0.25, -0.2) is 13.1 Å². The number of benzene rings is 1. The highest BCUT2D eigenvalue weighted by Gasteiger charge is 2.20. The molecule has 0 spiro atoms. The van der Waals surface area contributed by atoms with Crippen LogP contribution in [-0.4, -0.2) is 14.5 Å². The molecule has 0 amide bonds. The summed E-state index contributed by atoms with van der Waals surface area (Å²) in [6, 6.07) is 4.66. The van der Waals surface area contributed by atoms with Gasteiger partial charge >= 0.3 is 0 Å². The summed E-state index contributed by atoms with van der Waals surface area (Å²) in [4.78, 5) is 0.104. The van der Waals surface area contributed by atoms with Gasteiger partial charge in [-0.3, -0.25) is 0 Å². The van der Waals surface area contributed by atoms with E-state index in [1.165, 1.54) is 6.07 Å². The van der Waals surface area contributed by atoms with Gasteiger partial charge in [0.1, 0.15) is 4.90 Å². The Bertz CT molecular complexity index is 544. The molecule has 1 atom stereocenters. The van der Waals surface area contributed by atoms with E-state index in [-0.39, 0.29) is 16.0 Å². The molecule has 0 radical (unpaired) electrons. The Balaban J connectivity index is 2.83. The van der Waals surface area contributed by atoms with Crippen molar-refractivity contribution in [2.75, 3.05) is 0 Å². The molecule has 1 aromatic carbocycles. The third-order valence-corrected chi connectivity index (χ3v) is 5.13. The highest BCUT2D eigenvalue weighted by atomic mass is 35.5. The molecule has 0 aromatic heterocycles. The first-order chi connectivity index (χ1) is 9.26. The summed E-state index contributed by atoms with van der Waals surface area (Å²) in [6.45, 7) is 6.42. The van der Waals surface area contributed by atoms with Crippen molar-refractivity contribution in [3.05, 3.63) is 28.8 Å². The Morgan fingerprint density at radius 3 is 2.40 bits per heavy atom. The molecule has 0 aliphatic carbocycles. The molecule has 0 saturated carbocycles. The van der Waals surface area contributed by atoms with E-state index in [1.54, 1.807) is 12.1 Å². The van der Waals surface area contributed by atoms with Crippen molar-refractivity contribution in [1.82, 2.24) is 4.72 Å². The van der Waals surface area contributed by atoms with Crippen molar-refractivity contribution in [1.29, 1.82) is 0 Å². The molecule has 1 rings (SSSR count). The van der Waals surface area contributed by atoms with Crippen LogP contribution in [0.5, 0.6) is 0 Å². The SMILES string of the molecule is CC(C)CCC(C)NS(=O)(=O)c1ccc(CN)cc1Cl. The van der Waals surface area contributed by atoms with E-state index < -0.39 is 10.0 Å². The van der Waals surface area contributed by atoms with Gasteiger partial charge in [0.05, 0.1) is 5.02 Å². The molecule has 4 nitrogen and oxygen atoms in total. The average Bonchev–Trinajstić information content (AvgIpc) is 2.35. The van der Waals surface area contributed by atoms with Crippen molar-refractivity contribution in [2.45, 2.75) is 51.1 Å². The Morgan fingerprint density at radius 2 is 1.90 bits per heavy atom. The van der Waals surface area contributed by atoms with Crippen LogP contribution in [0.4, 0.5) is 0 Å². The number of sulfonamides is 1. The van der Waals surface area contributed by atoms with Crippen LogP contribution in [0.25, 0.3) is 0 Å². The molecule has 0 saturated heterocycles. The Hall–Kier alpha value is -0.620. The largest absolute Gasteiger partial charge is 0.326 e. The molecule has 20 heavy (non-hydrogen) atoms. The first-order valence-electron chi connectivity index (χ1n) is 6.77. The molecule has 114 valence electrons. The molecule has 0 aliphatic rings. The summed E-state index contributed by atoms with van der Waals surface area (Å²) in [7, 11) is -3.59. The van der Waals surface area contributed by atoms with E-state index in [4.69, 9.17) is 17.3 Å². The van der Waals surface area contributed by atoms with Crippen molar-refractivity contribution >= 4 is 21.6 Å². The van der Waals surface area contributed by atoms with Crippen molar-refractivity contribution in [2.24, 2.45) is 11.7 Å². The van der Waals surface area contributed by atoms with E-state index in [2.05, 4.69) is 18.6 Å². The van der Waals surface area contributed by atoms with Crippen molar-refractivity contribution in [3.63, 3.8) is 0 Å². The maximum atomic E-state index is 12.3. The molecule has 1 unspecified atom stereocenters. The highest BCUT2D eigenvalue weighted by molar-refractivity contribution is 7.89. The van der Waals surface area contributed by atoms with Gasteiger partial charge in [0, 0.05) is 12.6 Å². The third-order valence-electron chi connectivity index (χ3n) is 3.05. The number of hydrogen-bond donors (Lipinski definition) is 2. The van der Waals surface area contributed by atoms with Crippen LogP contribution in [0.2, 0.25) is 5.02 Å². The second kappa shape index (κ2) is 7.41. The molecule has 3 N–H and O–H groups in total. The summed E-state index contributed by atoms with van der Waals surface area (Å²) in [6.07, 6.45) is 1.78. The van der Waals surface area contributed by atoms with E-state index in [0.29, 0.717) is 12.5 Å². The number of hydrogen-bond acceptors (Lipinski definition) is 3. The Morgan fingerprint density at radius 1 is 1.25 bits per heavy atom. The van der Waals surface area contributed by atoms with Crippen LogP contribution < -0.4 is 10.5 Å². The van der Waals surface area contributed by atoms with Crippen LogP contribution in [0, 0.1) is 5.92 Å². The third kappa shape index (κ3) is 5.05. The molecule has 0 aliphatic heterocycles. The summed E-state index contributed by atoms with van der Waals surface area (Å²) in [5, 5.41) is 0.205. The second-order valence-electron chi connectivity index (χ2n) is 5.46. The topological polar surface area (TPSA) is 72.2 Å². The number of halogens is 1. The molecule has 0 bridgehead atoms. The normalized spacial score (nSPS) is 13.7. The smallest absolute Gasteiger partial charge is 0.242 e. The Labute approximate surface area is 126 Å². The van der Waals surface area contributed by atoms with Crippen LogP contribution >= 0.6 is 11.6 Å². The predicted molar refractivity (Wildman–Crippen MR) is 83.2 cm³/mol. The monoisotopic (exact) mass is 318 g/mol. The van der Waals surface area contributed by atoms with Crippen LogP contribution in [0.3, 0.4) is 0 Å². The van der Waals surface area contributed by atoms with E-state index >= 15 is 0 Å². The fourth-order valence-electron chi connectivity index (χ4n) is 1.86. The zero-order valence-corrected chi connectivity index (χ0v) is 13.8. The zero-order chi connectivity index (χ0) is 15.3. The van der Waals surface area contributed by atoms with Gasteiger partial charge in [-0.1, -0.05) is 31.5 Å². The van der Waals surface area contributed by atoms with Gasteiger partial charge in [0.15, 0.2) is 0 Å². The van der Waals surface area contributed by atoms with Gasteiger partial charge in [0.2, 0.25) is 10.0 Å². The molecular formula is C14H23ClN2O2S. The highest BCUT2D eigenvalue weighted by Crippen LogP contribution is 2.23. The fourth-order valence-corrected chi connectivity index (χ4v) is 3.71. The average molecular weight is 319 g/mol. The lowest BCUT2D eigenvalue weighted by molar-refractivity contribution is 0.485. The first kappa shape index (κ1) is 17.4. The summed E-state index contributed by atoms with van der Waals surface area (Å²) in [5.41, 5.74) is 6.31. The summed E-state index contributed by atoms with van der Waals surface area (Å²) >= 11 is 6.03. The van der Waals surface area contributed by atoms with E-state index in [1.807, 2.05) is 6.92 Å². The first-order valence-corrected chi connectivity index (χ1v) is 8.63. The molecule has 0 fully saturated rings. The molecular weight excluding hydrogens is 296 g/mol. The fraction of sp³-hybridized carbons (Fsp3) is 0.571. The number of nitrogens with two attached hydrogens (primary N) is 1. The quantitative estimate of drug-likeness (QED) is 0.812. The minimum absolute atomic E-state index is 0.104. The minimum atomic E-state index is -3.59. The Kier molecular flexibility index (Phi) is 6.45. The van der Waals surface area contributed by atoms with Gasteiger partial charge in [0.25, 0.3) is 0 Å². The lowest BCUT2D eigenvalue weighted by atomic mass is 10.1. The number of rotatable bonds is 7. The maximum absolute atomic E-state index is 12.3. The maximum Gasteiger partial charge on any atom is 0.242 e. The van der Waals surface area contributed by atoms with Crippen molar-refractivity contribution < 1.29 is 8.42 Å². The summed E-state index contributed by atoms with van der Waals surface area (Å²) in [5.74, 6) is 0.550. The predicted octanol–water partition coefficient (Wildman–Crippen LogP) is 2.90. The molecule has 6 heteroatoms. The van der Waals surface area contributed by atoms with Gasteiger partial charge in [-0.15, -0.1) is 0 Å². The summed E-state index contributed by atoms with van der Waals surface area (Å²) < 4.78 is 27.2. The minimum Gasteiger partial charge on any atom is -0.326 e. The zero-order valence-electron chi connectivity index (χ0n) is 12.2. The second-order valence-corrected chi connectivity index (χ2v) is 7.55. The van der Waals surface area contributed by atoms with Crippen LogP contribution in [0.1, 0.15) is 39.2 Å². The lowest BCUT2D eigenvalue weighted by Gasteiger charge is -2.16. The van der Waals surface area contributed by atoms with Gasteiger partial charge < -0.3 is 5.73 Å². The van der Waals surface area contributed by atoms with Gasteiger partial charge in [-0.2, -0.15) is 0 Å². The van der Waals surface area contributed by atoms with Gasteiger partial charge in [-0.05, 0) is 43.4 Å².